The second kappa shape index (κ2) is 6.74. The van der Waals surface area contributed by atoms with Gasteiger partial charge >= 0.3 is 0 Å². The lowest BCUT2D eigenvalue weighted by Crippen LogP contribution is -2.30. The summed E-state index contributed by atoms with van der Waals surface area (Å²) in [7, 11) is 0. The second-order valence-corrected chi connectivity index (χ2v) is 7.43. The Balaban J connectivity index is 2.04. The van der Waals surface area contributed by atoms with E-state index in [1.165, 1.54) is 44.1 Å². The third-order valence-electron chi connectivity index (χ3n) is 5.52. The first-order valence-corrected chi connectivity index (χ1v) is 8.44. The fraction of sp³-hybridized carbons (Fsp3) is 0.737. The Morgan fingerprint density at radius 3 is 2.35 bits per heavy atom. The van der Waals surface area contributed by atoms with Gasteiger partial charge in [-0.25, -0.2) is 0 Å². The van der Waals surface area contributed by atoms with E-state index < -0.39 is 0 Å². The average molecular weight is 273 g/mol. The minimum absolute atomic E-state index is 0.437. The van der Waals surface area contributed by atoms with Crippen molar-refractivity contribution >= 4 is 0 Å². The lowest BCUT2D eigenvalue weighted by Gasteiger charge is -2.40. The molecule has 0 radical (unpaired) electrons. The van der Waals surface area contributed by atoms with Crippen molar-refractivity contribution in [2.75, 3.05) is 0 Å². The number of nitrogens with zero attached hydrogens (tertiary/aromatic N) is 1. The molecule has 1 aliphatic carbocycles. The van der Waals surface area contributed by atoms with Crippen LogP contribution < -0.4 is 0 Å². The van der Waals surface area contributed by atoms with E-state index in [-0.39, 0.29) is 0 Å². The highest BCUT2D eigenvalue weighted by atomic mass is 14.6. The van der Waals surface area contributed by atoms with E-state index in [1.54, 1.807) is 0 Å². The SMILES string of the molecule is CCC(C1CCCC1)C(C)(C)CC(C)c1ccncc1. The molecule has 0 N–H and O–H groups in total. The maximum Gasteiger partial charge on any atom is 0.0270 e. The molecule has 112 valence electrons. The summed E-state index contributed by atoms with van der Waals surface area (Å²) in [6.07, 6.45) is 12.3. The summed E-state index contributed by atoms with van der Waals surface area (Å²) in [6, 6.07) is 4.36. The molecule has 1 aromatic rings. The Morgan fingerprint density at radius 2 is 1.80 bits per heavy atom. The van der Waals surface area contributed by atoms with Crippen LogP contribution in [0.1, 0.15) is 77.7 Å². The molecule has 1 heterocycles. The van der Waals surface area contributed by atoms with Gasteiger partial charge in [0.05, 0.1) is 0 Å². The molecule has 20 heavy (non-hydrogen) atoms. The molecule has 1 heteroatoms. The molecule has 0 aliphatic heterocycles. The van der Waals surface area contributed by atoms with E-state index in [0.717, 1.165) is 11.8 Å². The lowest BCUT2D eigenvalue weighted by atomic mass is 9.65. The van der Waals surface area contributed by atoms with Gasteiger partial charge in [0.15, 0.2) is 0 Å². The van der Waals surface area contributed by atoms with Gasteiger partial charge in [0.2, 0.25) is 0 Å². The van der Waals surface area contributed by atoms with Gasteiger partial charge in [-0.15, -0.1) is 0 Å². The molecule has 1 nitrogen and oxygen atoms in total. The van der Waals surface area contributed by atoms with E-state index >= 15 is 0 Å². The van der Waals surface area contributed by atoms with Gasteiger partial charge < -0.3 is 0 Å². The van der Waals surface area contributed by atoms with Crippen molar-refractivity contribution in [2.45, 2.75) is 72.1 Å². The summed E-state index contributed by atoms with van der Waals surface area (Å²) < 4.78 is 0. The number of pyridine rings is 1. The van der Waals surface area contributed by atoms with Crippen molar-refractivity contribution in [1.29, 1.82) is 0 Å². The zero-order chi connectivity index (χ0) is 14.6. The highest BCUT2D eigenvalue weighted by Gasteiger charge is 2.36. The second-order valence-electron chi connectivity index (χ2n) is 7.43. The molecule has 1 fully saturated rings. The Hall–Kier alpha value is -0.850. The van der Waals surface area contributed by atoms with Crippen LogP contribution in [0.25, 0.3) is 0 Å². The van der Waals surface area contributed by atoms with E-state index in [1.807, 2.05) is 12.4 Å². The van der Waals surface area contributed by atoms with Gasteiger partial charge in [0.25, 0.3) is 0 Å². The molecule has 0 amide bonds. The van der Waals surface area contributed by atoms with Crippen LogP contribution in [-0.2, 0) is 0 Å². The predicted octanol–water partition coefficient (Wildman–Crippen LogP) is 5.82. The number of aromatic nitrogens is 1. The standard InChI is InChI=1S/C19H31N/c1-5-18(17-8-6-7-9-17)19(3,4)14-15(2)16-10-12-20-13-11-16/h10-13,15,17-18H,5-9,14H2,1-4H3. The Morgan fingerprint density at radius 1 is 1.20 bits per heavy atom. The monoisotopic (exact) mass is 273 g/mol. The van der Waals surface area contributed by atoms with Crippen molar-refractivity contribution < 1.29 is 0 Å². The largest absolute Gasteiger partial charge is 0.265 e. The first-order valence-electron chi connectivity index (χ1n) is 8.44. The highest BCUT2D eigenvalue weighted by Crippen LogP contribution is 2.47. The fourth-order valence-electron chi connectivity index (χ4n) is 4.63. The normalized spacial score (nSPS) is 20.0. The zero-order valence-electron chi connectivity index (χ0n) is 13.7. The molecular weight excluding hydrogens is 242 g/mol. The molecule has 0 aromatic carbocycles. The van der Waals surface area contributed by atoms with Crippen molar-refractivity contribution in [3.8, 4) is 0 Å². The highest BCUT2D eigenvalue weighted by molar-refractivity contribution is 5.15. The summed E-state index contributed by atoms with van der Waals surface area (Å²) >= 11 is 0. The average Bonchev–Trinajstić information content (AvgIpc) is 2.93. The van der Waals surface area contributed by atoms with Gasteiger partial charge in [0.1, 0.15) is 0 Å². The molecule has 1 saturated carbocycles. The summed E-state index contributed by atoms with van der Waals surface area (Å²) in [5, 5.41) is 0. The van der Waals surface area contributed by atoms with Gasteiger partial charge in [-0.3, -0.25) is 4.98 Å². The maximum absolute atomic E-state index is 4.14. The van der Waals surface area contributed by atoms with Gasteiger partial charge in [-0.1, -0.05) is 59.8 Å². The van der Waals surface area contributed by atoms with E-state index in [4.69, 9.17) is 0 Å². The van der Waals surface area contributed by atoms with Crippen LogP contribution in [0.3, 0.4) is 0 Å². The summed E-state index contributed by atoms with van der Waals surface area (Å²) in [5.74, 6) is 2.48. The predicted molar refractivity (Wildman–Crippen MR) is 86.8 cm³/mol. The van der Waals surface area contributed by atoms with Crippen LogP contribution in [0.15, 0.2) is 24.5 Å². The number of hydrogen-bond acceptors (Lipinski definition) is 1. The first kappa shape index (κ1) is 15.5. The van der Waals surface area contributed by atoms with Gasteiger partial charge in [0, 0.05) is 12.4 Å². The Bertz CT molecular complexity index is 389. The van der Waals surface area contributed by atoms with E-state index in [0.29, 0.717) is 11.3 Å². The van der Waals surface area contributed by atoms with Crippen LogP contribution in [0.2, 0.25) is 0 Å². The number of rotatable bonds is 6. The minimum atomic E-state index is 0.437. The molecule has 0 spiro atoms. The van der Waals surface area contributed by atoms with Gasteiger partial charge in [-0.05, 0) is 47.3 Å². The number of hydrogen-bond donors (Lipinski definition) is 0. The van der Waals surface area contributed by atoms with Crippen LogP contribution in [0, 0.1) is 17.3 Å². The molecular formula is C19H31N. The topological polar surface area (TPSA) is 12.9 Å². The maximum atomic E-state index is 4.14. The third kappa shape index (κ3) is 3.62. The van der Waals surface area contributed by atoms with E-state index in [9.17, 15) is 0 Å². The van der Waals surface area contributed by atoms with Crippen molar-refractivity contribution in [1.82, 2.24) is 4.98 Å². The molecule has 1 aliphatic rings. The summed E-state index contributed by atoms with van der Waals surface area (Å²) in [5.41, 5.74) is 1.88. The summed E-state index contributed by atoms with van der Waals surface area (Å²) in [4.78, 5) is 4.14. The molecule has 2 rings (SSSR count). The smallest absolute Gasteiger partial charge is 0.0270 e. The minimum Gasteiger partial charge on any atom is -0.265 e. The first-order chi connectivity index (χ1) is 9.54. The Kier molecular flexibility index (Phi) is 5.23. The van der Waals surface area contributed by atoms with Crippen LogP contribution in [0.4, 0.5) is 0 Å². The Labute approximate surface area is 125 Å². The van der Waals surface area contributed by atoms with E-state index in [2.05, 4.69) is 44.8 Å². The molecule has 2 atom stereocenters. The van der Waals surface area contributed by atoms with Crippen molar-refractivity contribution in [3.05, 3.63) is 30.1 Å². The van der Waals surface area contributed by atoms with Crippen LogP contribution in [0.5, 0.6) is 0 Å². The van der Waals surface area contributed by atoms with Crippen molar-refractivity contribution in [2.24, 2.45) is 17.3 Å². The molecule has 0 saturated heterocycles. The zero-order valence-corrected chi connectivity index (χ0v) is 13.7. The molecule has 1 aromatic heterocycles. The lowest BCUT2D eigenvalue weighted by molar-refractivity contribution is 0.116. The van der Waals surface area contributed by atoms with Crippen LogP contribution >= 0.6 is 0 Å². The molecule has 0 bridgehead atoms. The van der Waals surface area contributed by atoms with Crippen molar-refractivity contribution in [3.63, 3.8) is 0 Å². The molecule has 2 unspecified atom stereocenters. The summed E-state index contributed by atoms with van der Waals surface area (Å²) in [6.45, 7) is 9.76. The van der Waals surface area contributed by atoms with Crippen LogP contribution in [-0.4, -0.2) is 4.98 Å². The quantitative estimate of drug-likeness (QED) is 0.636. The fourth-order valence-corrected chi connectivity index (χ4v) is 4.63. The van der Waals surface area contributed by atoms with Gasteiger partial charge in [-0.2, -0.15) is 0 Å². The third-order valence-corrected chi connectivity index (χ3v) is 5.52.